The molecule has 4 heteroatoms. The molecule has 0 saturated heterocycles. The second-order valence-corrected chi connectivity index (χ2v) is 3.63. The first-order chi connectivity index (χ1) is 5.68. The number of anilines is 1. The van der Waals surface area contributed by atoms with Crippen molar-refractivity contribution in [3.05, 3.63) is 28.2 Å². The van der Waals surface area contributed by atoms with Crippen LogP contribution in [0.2, 0.25) is 0 Å². The molecular weight excluding hydrogens is 220 g/mol. The van der Waals surface area contributed by atoms with Crippen LogP contribution in [0.4, 0.5) is 5.69 Å². The summed E-state index contributed by atoms with van der Waals surface area (Å²) in [6, 6.07) is 5.63. The molecule has 1 aromatic rings. The molecule has 0 aromatic heterocycles. The monoisotopic (exact) mass is 226 g/mol. The molecule has 1 aliphatic heterocycles. The van der Waals surface area contributed by atoms with E-state index in [1.807, 2.05) is 18.2 Å². The fourth-order valence-electron chi connectivity index (χ4n) is 1.31. The molecule has 0 radical (unpaired) electrons. The molecule has 2 N–H and O–H groups in total. The number of rotatable bonds is 0. The van der Waals surface area contributed by atoms with Crippen molar-refractivity contribution in [2.75, 3.05) is 5.01 Å². The number of carbonyl (C=O) groups is 1. The first-order valence-corrected chi connectivity index (χ1v) is 4.34. The predicted octanol–water partition coefficient (Wildman–Crippen LogP) is 1.21. The van der Waals surface area contributed by atoms with Crippen molar-refractivity contribution in [2.45, 2.75) is 6.42 Å². The third kappa shape index (κ3) is 1.04. The maximum Gasteiger partial charge on any atom is 0.245 e. The Morgan fingerprint density at radius 2 is 2.25 bits per heavy atom. The molecule has 0 bridgehead atoms. The average Bonchev–Trinajstić information content (AvgIpc) is 2.28. The van der Waals surface area contributed by atoms with Gasteiger partial charge in [0.15, 0.2) is 0 Å². The summed E-state index contributed by atoms with van der Waals surface area (Å²) in [6.07, 6.45) is 0.408. The van der Waals surface area contributed by atoms with E-state index < -0.39 is 0 Å². The Hall–Kier alpha value is -0.870. The van der Waals surface area contributed by atoms with Crippen LogP contribution < -0.4 is 10.9 Å². The Balaban J connectivity index is 2.54. The summed E-state index contributed by atoms with van der Waals surface area (Å²) in [5.74, 6) is 5.46. The largest absolute Gasteiger partial charge is 0.273 e. The zero-order chi connectivity index (χ0) is 8.72. The SMILES string of the molecule is NN1C(=O)Cc2cc(Br)ccc21. The van der Waals surface area contributed by atoms with Gasteiger partial charge in [-0.05, 0) is 23.8 Å². The van der Waals surface area contributed by atoms with Crippen molar-refractivity contribution in [1.29, 1.82) is 0 Å². The van der Waals surface area contributed by atoms with Gasteiger partial charge >= 0.3 is 0 Å². The Morgan fingerprint density at radius 1 is 1.50 bits per heavy atom. The number of benzene rings is 1. The molecule has 0 atom stereocenters. The summed E-state index contributed by atoms with van der Waals surface area (Å²) in [7, 11) is 0. The van der Waals surface area contributed by atoms with Gasteiger partial charge in [-0.2, -0.15) is 0 Å². The molecule has 1 amide bonds. The van der Waals surface area contributed by atoms with Crippen molar-refractivity contribution in [3.63, 3.8) is 0 Å². The molecule has 1 heterocycles. The summed E-state index contributed by atoms with van der Waals surface area (Å²) >= 11 is 3.33. The number of hydrogen-bond donors (Lipinski definition) is 1. The second kappa shape index (κ2) is 2.57. The number of hydrazine groups is 1. The molecule has 62 valence electrons. The highest BCUT2D eigenvalue weighted by molar-refractivity contribution is 9.10. The summed E-state index contributed by atoms with van der Waals surface area (Å²) < 4.78 is 0.976. The Labute approximate surface area is 78.3 Å². The van der Waals surface area contributed by atoms with Crippen molar-refractivity contribution in [1.82, 2.24) is 0 Å². The molecule has 0 spiro atoms. The first-order valence-electron chi connectivity index (χ1n) is 3.54. The van der Waals surface area contributed by atoms with Gasteiger partial charge in [-0.1, -0.05) is 15.9 Å². The van der Waals surface area contributed by atoms with Gasteiger partial charge in [0.25, 0.3) is 0 Å². The maximum atomic E-state index is 11.1. The summed E-state index contributed by atoms with van der Waals surface area (Å²) in [4.78, 5) is 11.1. The van der Waals surface area contributed by atoms with Crippen LogP contribution in [0.3, 0.4) is 0 Å². The van der Waals surface area contributed by atoms with Gasteiger partial charge in [-0.3, -0.25) is 4.79 Å². The number of halogens is 1. The number of nitrogens with two attached hydrogens (primary N) is 1. The normalized spacial score (nSPS) is 15.2. The smallest absolute Gasteiger partial charge is 0.245 e. The van der Waals surface area contributed by atoms with Gasteiger partial charge in [-0.25, -0.2) is 10.9 Å². The fraction of sp³-hybridized carbons (Fsp3) is 0.125. The highest BCUT2D eigenvalue weighted by Gasteiger charge is 2.24. The molecule has 12 heavy (non-hydrogen) atoms. The van der Waals surface area contributed by atoms with E-state index in [1.54, 1.807) is 0 Å². The van der Waals surface area contributed by atoms with E-state index in [9.17, 15) is 4.79 Å². The predicted molar refractivity (Wildman–Crippen MR) is 49.5 cm³/mol. The van der Waals surface area contributed by atoms with Crippen molar-refractivity contribution >= 4 is 27.5 Å². The topological polar surface area (TPSA) is 46.3 Å². The first kappa shape index (κ1) is 7.76. The van der Waals surface area contributed by atoms with Gasteiger partial charge < -0.3 is 0 Å². The van der Waals surface area contributed by atoms with Gasteiger partial charge in [0.1, 0.15) is 0 Å². The van der Waals surface area contributed by atoms with E-state index in [4.69, 9.17) is 5.84 Å². The Kier molecular flexibility index (Phi) is 1.66. The zero-order valence-corrected chi connectivity index (χ0v) is 7.84. The molecular formula is C8H7BrN2O. The van der Waals surface area contributed by atoms with E-state index in [0.29, 0.717) is 6.42 Å². The number of amides is 1. The van der Waals surface area contributed by atoms with Crippen LogP contribution in [-0.4, -0.2) is 5.91 Å². The molecule has 1 aromatic carbocycles. The third-order valence-corrected chi connectivity index (χ3v) is 2.40. The molecule has 2 rings (SSSR count). The van der Waals surface area contributed by atoms with Crippen LogP contribution in [0, 0.1) is 0 Å². The van der Waals surface area contributed by atoms with Crippen LogP contribution in [0.15, 0.2) is 22.7 Å². The summed E-state index contributed by atoms with van der Waals surface area (Å²) in [5.41, 5.74) is 1.79. The van der Waals surface area contributed by atoms with Gasteiger partial charge in [0.2, 0.25) is 5.91 Å². The van der Waals surface area contributed by atoms with Crippen LogP contribution in [0.25, 0.3) is 0 Å². The minimum atomic E-state index is -0.0527. The minimum absolute atomic E-state index is 0.0527. The van der Waals surface area contributed by atoms with Crippen molar-refractivity contribution in [3.8, 4) is 0 Å². The summed E-state index contributed by atoms with van der Waals surface area (Å²) in [6.45, 7) is 0. The van der Waals surface area contributed by atoms with Crippen molar-refractivity contribution < 1.29 is 4.79 Å². The summed E-state index contributed by atoms with van der Waals surface area (Å²) in [5, 5.41) is 1.20. The quantitative estimate of drug-likeness (QED) is 0.534. The lowest BCUT2D eigenvalue weighted by Gasteiger charge is -2.08. The average molecular weight is 227 g/mol. The third-order valence-electron chi connectivity index (χ3n) is 1.91. The second-order valence-electron chi connectivity index (χ2n) is 2.71. The van der Waals surface area contributed by atoms with E-state index in [1.165, 1.54) is 5.01 Å². The van der Waals surface area contributed by atoms with E-state index >= 15 is 0 Å². The molecule has 0 saturated carbocycles. The maximum absolute atomic E-state index is 11.1. The fourth-order valence-corrected chi connectivity index (χ4v) is 1.72. The van der Waals surface area contributed by atoms with Crippen LogP contribution in [0.1, 0.15) is 5.56 Å². The number of carbonyl (C=O) groups excluding carboxylic acids is 1. The molecule has 0 unspecified atom stereocenters. The Morgan fingerprint density at radius 3 is 3.00 bits per heavy atom. The lowest BCUT2D eigenvalue weighted by atomic mass is 10.2. The molecule has 1 aliphatic rings. The molecule has 0 fully saturated rings. The lowest BCUT2D eigenvalue weighted by Crippen LogP contribution is -2.33. The number of nitrogens with zero attached hydrogens (tertiary/aromatic N) is 1. The highest BCUT2D eigenvalue weighted by Crippen LogP contribution is 2.28. The van der Waals surface area contributed by atoms with E-state index in [0.717, 1.165) is 15.7 Å². The van der Waals surface area contributed by atoms with Crippen LogP contribution >= 0.6 is 15.9 Å². The highest BCUT2D eigenvalue weighted by atomic mass is 79.9. The standard InChI is InChI=1S/C8H7BrN2O/c9-6-1-2-7-5(3-6)4-8(12)11(7)10/h1-3H,4,10H2. The Bertz CT molecular complexity index is 351. The zero-order valence-electron chi connectivity index (χ0n) is 6.25. The van der Waals surface area contributed by atoms with Crippen LogP contribution in [0.5, 0.6) is 0 Å². The number of fused-ring (bicyclic) bond motifs is 1. The van der Waals surface area contributed by atoms with E-state index in [-0.39, 0.29) is 5.91 Å². The van der Waals surface area contributed by atoms with Gasteiger partial charge in [0, 0.05) is 4.47 Å². The minimum Gasteiger partial charge on any atom is -0.273 e. The van der Waals surface area contributed by atoms with Gasteiger partial charge in [0.05, 0.1) is 12.1 Å². The van der Waals surface area contributed by atoms with E-state index in [2.05, 4.69) is 15.9 Å². The molecule has 3 nitrogen and oxygen atoms in total. The van der Waals surface area contributed by atoms with Crippen molar-refractivity contribution in [2.24, 2.45) is 5.84 Å². The number of hydrogen-bond acceptors (Lipinski definition) is 2. The van der Waals surface area contributed by atoms with Gasteiger partial charge in [-0.15, -0.1) is 0 Å². The van der Waals surface area contributed by atoms with Crippen LogP contribution in [-0.2, 0) is 11.2 Å². The lowest BCUT2D eigenvalue weighted by molar-refractivity contribution is -0.117. The molecule has 0 aliphatic carbocycles.